The van der Waals surface area contributed by atoms with Crippen LogP contribution in [0.1, 0.15) is 59.1 Å². The first-order valence-corrected chi connectivity index (χ1v) is 16.3. The lowest BCUT2D eigenvalue weighted by atomic mass is 9.88. The Labute approximate surface area is 253 Å². The number of aromatic nitrogens is 1. The topological polar surface area (TPSA) is 75.1 Å². The van der Waals surface area contributed by atoms with E-state index < -0.39 is 5.97 Å². The molecule has 1 unspecified atom stereocenters. The number of anilines is 1. The van der Waals surface area contributed by atoms with E-state index in [1.165, 1.54) is 40.7 Å². The number of para-hydroxylation sites is 1. The highest BCUT2D eigenvalue weighted by atomic mass is 32.1. The van der Waals surface area contributed by atoms with Gasteiger partial charge in [-0.1, -0.05) is 18.2 Å². The summed E-state index contributed by atoms with van der Waals surface area (Å²) in [7, 11) is 0. The second kappa shape index (κ2) is 12.7. The van der Waals surface area contributed by atoms with Gasteiger partial charge in [-0.25, -0.2) is 4.98 Å². The van der Waals surface area contributed by atoms with E-state index in [2.05, 4.69) is 60.2 Å². The van der Waals surface area contributed by atoms with Gasteiger partial charge in [-0.2, -0.15) is 0 Å². The van der Waals surface area contributed by atoms with Crippen LogP contribution in [0.15, 0.2) is 29.6 Å². The van der Waals surface area contributed by atoms with E-state index in [0.717, 1.165) is 86.4 Å². The van der Waals surface area contributed by atoms with Gasteiger partial charge in [-0.15, -0.1) is 11.3 Å². The summed E-state index contributed by atoms with van der Waals surface area (Å²) in [6.45, 7) is 13.6. The molecule has 2 saturated heterocycles. The van der Waals surface area contributed by atoms with Crippen LogP contribution >= 0.6 is 11.3 Å². The number of benzene rings is 2. The highest BCUT2D eigenvalue weighted by Gasteiger charge is 2.28. The molecule has 0 aliphatic carbocycles. The van der Waals surface area contributed by atoms with Crippen molar-refractivity contribution in [1.29, 1.82) is 0 Å². The number of carbonyl (C=O) groups is 1. The van der Waals surface area contributed by atoms with Gasteiger partial charge < -0.3 is 19.5 Å². The Balaban J connectivity index is 1.17. The van der Waals surface area contributed by atoms with Crippen LogP contribution in [0, 0.1) is 32.6 Å². The van der Waals surface area contributed by atoms with Crippen molar-refractivity contribution in [3.63, 3.8) is 0 Å². The number of piperidine rings is 1. The van der Waals surface area contributed by atoms with Crippen LogP contribution in [-0.4, -0.2) is 60.4 Å². The zero-order chi connectivity index (χ0) is 29.2. The zero-order valence-electron chi connectivity index (χ0n) is 25.2. The third-order valence-electron chi connectivity index (χ3n) is 9.39. The largest absolute Gasteiger partial charge is 0.488 e. The van der Waals surface area contributed by atoms with E-state index in [1.54, 1.807) is 11.3 Å². The van der Waals surface area contributed by atoms with Gasteiger partial charge in [0, 0.05) is 50.3 Å². The molecule has 7 nitrogen and oxygen atoms in total. The summed E-state index contributed by atoms with van der Waals surface area (Å²) in [4.78, 5) is 21.3. The van der Waals surface area contributed by atoms with E-state index in [4.69, 9.17) is 14.5 Å². The first-order valence-electron chi connectivity index (χ1n) is 15.4. The third-order valence-corrected chi connectivity index (χ3v) is 10.3. The van der Waals surface area contributed by atoms with E-state index in [1.807, 2.05) is 0 Å². The fourth-order valence-electron chi connectivity index (χ4n) is 6.95. The minimum Gasteiger partial charge on any atom is -0.488 e. The molecule has 0 spiro atoms. The molecule has 0 saturated carbocycles. The molecule has 0 amide bonds. The minimum absolute atomic E-state index is 0.332. The van der Waals surface area contributed by atoms with Crippen molar-refractivity contribution in [3.05, 3.63) is 63.0 Å². The predicted molar refractivity (Wildman–Crippen MR) is 168 cm³/mol. The van der Waals surface area contributed by atoms with Crippen molar-refractivity contribution >= 4 is 22.4 Å². The maximum Gasteiger partial charge on any atom is 0.308 e. The molecule has 2 fully saturated rings. The lowest BCUT2D eigenvalue weighted by Crippen LogP contribution is -2.38. The van der Waals surface area contributed by atoms with Crippen molar-refractivity contribution < 1.29 is 19.4 Å². The maximum atomic E-state index is 11.6. The number of aliphatic carboxylic acids is 1. The molecule has 2 aromatic carbocycles. The normalized spacial score (nSPS) is 21.3. The molecule has 0 bridgehead atoms. The summed E-state index contributed by atoms with van der Waals surface area (Å²) in [5.41, 5.74) is 9.91. The summed E-state index contributed by atoms with van der Waals surface area (Å²) in [5.74, 6) is 0.479. The maximum absolute atomic E-state index is 11.6. The molecule has 4 heterocycles. The van der Waals surface area contributed by atoms with Crippen molar-refractivity contribution in [2.75, 3.05) is 44.3 Å². The number of hydrogen-bond acceptors (Lipinski definition) is 7. The summed E-state index contributed by atoms with van der Waals surface area (Å²) in [6, 6.07) is 8.55. The second-order valence-corrected chi connectivity index (χ2v) is 13.2. The molecule has 2 atom stereocenters. The van der Waals surface area contributed by atoms with Gasteiger partial charge >= 0.3 is 5.97 Å². The first-order chi connectivity index (χ1) is 20.4. The zero-order valence-corrected chi connectivity index (χ0v) is 26.0. The highest BCUT2D eigenvalue weighted by molar-refractivity contribution is 7.14. The minimum atomic E-state index is -0.717. The fraction of sp³-hybridized carbons (Fsp3) is 0.529. The van der Waals surface area contributed by atoms with Gasteiger partial charge in [0.15, 0.2) is 5.13 Å². The Morgan fingerprint density at radius 2 is 2.02 bits per heavy atom. The predicted octanol–water partition coefficient (Wildman–Crippen LogP) is 6.40. The first kappa shape index (κ1) is 29.1. The van der Waals surface area contributed by atoms with Crippen molar-refractivity contribution in [1.82, 2.24) is 9.88 Å². The lowest BCUT2D eigenvalue weighted by molar-refractivity contribution is -0.141. The summed E-state index contributed by atoms with van der Waals surface area (Å²) < 4.78 is 12.3. The Morgan fingerprint density at radius 1 is 1.14 bits per heavy atom. The van der Waals surface area contributed by atoms with Crippen LogP contribution in [0.2, 0.25) is 0 Å². The Hall–Kier alpha value is -2.94. The quantitative estimate of drug-likeness (QED) is 0.326. The Morgan fingerprint density at radius 3 is 2.83 bits per heavy atom. The smallest absolute Gasteiger partial charge is 0.308 e. The number of fused-ring (bicyclic) bond motifs is 1. The lowest BCUT2D eigenvalue weighted by Gasteiger charge is -2.35. The molecule has 6 rings (SSSR count). The molecule has 3 aliphatic heterocycles. The van der Waals surface area contributed by atoms with Gasteiger partial charge in [0.05, 0.1) is 18.2 Å². The van der Waals surface area contributed by atoms with Gasteiger partial charge in [-0.3, -0.25) is 9.69 Å². The number of thiazole rings is 1. The van der Waals surface area contributed by atoms with Crippen molar-refractivity contribution in [2.45, 2.75) is 66.0 Å². The molecule has 0 radical (unpaired) electrons. The Bertz CT molecular complexity index is 1430. The molecule has 224 valence electrons. The number of nitrogens with zero attached hydrogens (tertiary/aromatic N) is 3. The number of carboxylic acids is 1. The number of hydrogen-bond donors (Lipinski definition) is 1. The molecule has 1 N–H and O–H groups in total. The van der Waals surface area contributed by atoms with Crippen LogP contribution in [0.5, 0.6) is 5.75 Å². The molecular weight excluding hydrogens is 546 g/mol. The molecule has 8 heteroatoms. The molecular formula is C34H43N3O4S. The second-order valence-electron chi connectivity index (χ2n) is 12.4. The van der Waals surface area contributed by atoms with Crippen LogP contribution in [-0.2, 0) is 29.1 Å². The van der Waals surface area contributed by atoms with E-state index >= 15 is 0 Å². The Kier molecular flexibility index (Phi) is 8.84. The molecule has 42 heavy (non-hydrogen) atoms. The number of ether oxygens (including phenoxy) is 2. The fourth-order valence-corrected chi connectivity index (χ4v) is 7.81. The number of carboxylic acid groups (broad SMARTS) is 1. The summed E-state index contributed by atoms with van der Waals surface area (Å²) in [5, 5.41) is 12.5. The van der Waals surface area contributed by atoms with Crippen molar-refractivity contribution in [2.24, 2.45) is 11.8 Å². The average molecular weight is 590 g/mol. The third kappa shape index (κ3) is 6.21. The standard InChI is InChI=1S/C34H43N3O4S/c1-22-7-4-10-29(31-21-42-34(35-31)37-12-5-9-26(17-37)33(38)39)32(22)41-20-27-15-23(2)30-18-36(13-11-28(30)24(27)3)16-25-8-6-14-40-19-25/h4,7,10,15,21,25-26H,5-6,8-9,11-14,16-20H2,1-3H3,(H,38,39)/t25?,26-/m0/s1. The number of rotatable bonds is 8. The summed E-state index contributed by atoms with van der Waals surface area (Å²) in [6.07, 6.45) is 5.16. The van der Waals surface area contributed by atoms with Crippen molar-refractivity contribution in [3.8, 4) is 17.0 Å². The van der Waals surface area contributed by atoms with Crippen LogP contribution < -0.4 is 9.64 Å². The van der Waals surface area contributed by atoms with E-state index in [-0.39, 0.29) is 5.92 Å². The van der Waals surface area contributed by atoms with Gasteiger partial charge in [0.25, 0.3) is 0 Å². The number of aryl methyl sites for hydroxylation is 2. The van der Waals surface area contributed by atoms with E-state index in [0.29, 0.717) is 19.1 Å². The van der Waals surface area contributed by atoms with Crippen LogP contribution in [0.4, 0.5) is 5.13 Å². The molecule has 3 aliphatic rings. The molecule has 3 aromatic rings. The molecule has 1 aromatic heterocycles. The monoisotopic (exact) mass is 589 g/mol. The highest BCUT2D eigenvalue weighted by Crippen LogP contribution is 2.38. The van der Waals surface area contributed by atoms with Gasteiger partial charge in [-0.05, 0) is 98.2 Å². The van der Waals surface area contributed by atoms with E-state index in [9.17, 15) is 9.90 Å². The van der Waals surface area contributed by atoms with Gasteiger partial charge in [0.2, 0.25) is 0 Å². The van der Waals surface area contributed by atoms with Crippen LogP contribution in [0.25, 0.3) is 11.3 Å². The van der Waals surface area contributed by atoms with Crippen LogP contribution in [0.3, 0.4) is 0 Å². The SMILES string of the molecule is Cc1cc(COc2c(C)cccc2-c2csc(N3CCC[C@H](C(=O)O)C3)n2)c(C)c2c1CN(CC1CCCOC1)CC2. The summed E-state index contributed by atoms with van der Waals surface area (Å²) >= 11 is 1.58. The average Bonchev–Trinajstić information content (AvgIpc) is 3.50. The van der Waals surface area contributed by atoms with Gasteiger partial charge in [0.1, 0.15) is 12.4 Å².